The Morgan fingerprint density at radius 2 is 2.35 bits per heavy atom. The van der Waals surface area contributed by atoms with Crippen LogP contribution in [-0.4, -0.2) is 25.4 Å². The van der Waals surface area contributed by atoms with Gasteiger partial charge in [-0.3, -0.25) is 0 Å². The van der Waals surface area contributed by atoms with Crippen LogP contribution in [0.4, 0.5) is 4.79 Å². The number of benzene rings is 1. The second-order valence-corrected chi connectivity index (χ2v) is 5.29. The number of thioether (sulfide) groups is 1. The number of hydrogen-bond acceptors (Lipinski definition) is 2. The molecule has 0 spiro atoms. The Bertz CT molecular complexity index is 406. The lowest BCUT2D eigenvalue weighted by molar-refractivity contribution is 0.243. The zero-order valence-corrected chi connectivity index (χ0v) is 10.9. The molecule has 0 atom stereocenters. The molecule has 2 amide bonds. The number of nitrogens with one attached hydrogen (secondary N) is 2. The van der Waals surface area contributed by atoms with Gasteiger partial charge in [0.05, 0.1) is 0 Å². The van der Waals surface area contributed by atoms with Crippen molar-refractivity contribution < 1.29 is 4.79 Å². The van der Waals surface area contributed by atoms with Gasteiger partial charge in [0.25, 0.3) is 0 Å². The fourth-order valence-corrected chi connectivity index (χ4v) is 3.00. The second kappa shape index (κ2) is 5.96. The molecule has 0 saturated heterocycles. The standard InChI is InChI=1S/C13H18N2OS/c1-14-13(16)15-7-6-10-4-5-12-11(9-10)3-2-8-17-12/h4-5,9H,2-3,6-8H2,1H3,(H2,14,15,16). The van der Waals surface area contributed by atoms with Crippen molar-refractivity contribution in [2.45, 2.75) is 24.2 Å². The van der Waals surface area contributed by atoms with Gasteiger partial charge in [-0.15, -0.1) is 11.8 Å². The molecule has 1 aliphatic rings. The molecule has 92 valence electrons. The van der Waals surface area contributed by atoms with Crippen molar-refractivity contribution in [1.29, 1.82) is 0 Å². The topological polar surface area (TPSA) is 41.1 Å². The van der Waals surface area contributed by atoms with Crippen LogP contribution >= 0.6 is 11.8 Å². The van der Waals surface area contributed by atoms with Crippen LogP contribution in [-0.2, 0) is 12.8 Å². The molecular formula is C13H18N2OS. The van der Waals surface area contributed by atoms with Gasteiger partial charge in [-0.05, 0) is 42.2 Å². The first kappa shape index (κ1) is 12.3. The van der Waals surface area contributed by atoms with Crippen molar-refractivity contribution in [1.82, 2.24) is 10.6 Å². The van der Waals surface area contributed by atoms with Crippen molar-refractivity contribution in [3.05, 3.63) is 29.3 Å². The number of rotatable bonds is 3. The highest BCUT2D eigenvalue weighted by molar-refractivity contribution is 7.99. The maximum Gasteiger partial charge on any atom is 0.314 e. The lowest BCUT2D eigenvalue weighted by atomic mass is 10.0. The normalized spacial score (nSPS) is 13.9. The molecule has 2 N–H and O–H groups in total. The highest BCUT2D eigenvalue weighted by Gasteiger charge is 2.09. The lowest BCUT2D eigenvalue weighted by Crippen LogP contribution is -2.34. The Hall–Kier alpha value is -1.16. The molecule has 1 heterocycles. The Morgan fingerprint density at radius 1 is 1.47 bits per heavy atom. The van der Waals surface area contributed by atoms with Gasteiger partial charge in [0.2, 0.25) is 0 Å². The van der Waals surface area contributed by atoms with E-state index in [1.165, 1.54) is 34.6 Å². The van der Waals surface area contributed by atoms with Gasteiger partial charge in [0.15, 0.2) is 0 Å². The van der Waals surface area contributed by atoms with E-state index < -0.39 is 0 Å². The molecule has 0 unspecified atom stereocenters. The van der Waals surface area contributed by atoms with E-state index >= 15 is 0 Å². The predicted octanol–water partition coefficient (Wildman–Crippen LogP) is 2.20. The number of hydrogen-bond donors (Lipinski definition) is 2. The third-order valence-electron chi connectivity index (χ3n) is 2.90. The first-order chi connectivity index (χ1) is 8.29. The van der Waals surface area contributed by atoms with Gasteiger partial charge in [0, 0.05) is 18.5 Å². The van der Waals surface area contributed by atoms with E-state index in [0.717, 1.165) is 6.42 Å². The number of fused-ring (bicyclic) bond motifs is 1. The van der Waals surface area contributed by atoms with Crippen LogP contribution in [0.5, 0.6) is 0 Å². The molecule has 4 heteroatoms. The molecule has 0 aliphatic carbocycles. The minimum absolute atomic E-state index is 0.112. The summed E-state index contributed by atoms with van der Waals surface area (Å²) < 4.78 is 0. The minimum Gasteiger partial charge on any atom is -0.341 e. The van der Waals surface area contributed by atoms with Crippen molar-refractivity contribution in [2.75, 3.05) is 19.3 Å². The molecule has 2 rings (SSSR count). The molecule has 1 aromatic rings. The molecule has 0 saturated carbocycles. The van der Waals surface area contributed by atoms with Crippen molar-refractivity contribution in [2.24, 2.45) is 0 Å². The van der Waals surface area contributed by atoms with E-state index in [1.807, 2.05) is 11.8 Å². The predicted molar refractivity (Wildman–Crippen MR) is 71.6 cm³/mol. The molecular weight excluding hydrogens is 232 g/mol. The van der Waals surface area contributed by atoms with E-state index in [-0.39, 0.29) is 6.03 Å². The van der Waals surface area contributed by atoms with Crippen molar-refractivity contribution >= 4 is 17.8 Å². The third-order valence-corrected chi connectivity index (χ3v) is 4.10. The lowest BCUT2D eigenvalue weighted by Gasteiger charge is -2.16. The summed E-state index contributed by atoms with van der Waals surface area (Å²) in [5.74, 6) is 1.24. The maximum atomic E-state index is 11.0. The monoisotopic (exact) mass is 250 g/mol. The van der Waals surface area contributed by atoms with E-state index in [2.05, 4.69) is 28.8 Å². The number of carbonyl (C=O) groups is 1. The minimum atomic E-state index is -0.112. The van der Waals surface area contributed by atoms with Gasteiger partial charge >= 0.3 is 6.03 Å². The average Bonchev–Trinajstić information content (AvgIpc) is 2.38. The van der Waals surface area contributed by atoms with Crippen LogP contribution in [0.3, 0.4) is 0 Å². The largest absolute Gasteiger partial charge is 0.341 e. The summed E-state index contributed by atoms with van der Waals surface area (Å²) in [4.78, 5) is 12.4. The summed E-state index contributed by atoms with van der Waals surface area (Å²) in [7, 11) is 1.63. The summed E-state index contributed by atoms with van der Waals surface area (Å²) in [5, 5.41) is 5.35. The maximum absolute atomic E-state index is 11.0. The van der Waals surface area contributed by atoms with Crippen LogP contribution in [0.15, 0.2) is 23.1 Å². The zero-order valence-electron chi connectivity index (χ0n) is 10.1. The van der Waals surface area contributed by atoms with Crippen molar-refractivity contribution in [3.63, 3.8) is 0 Å². The number of amides is 2. The Balaban J connectivity index is 1.91. The van der Waals surface area contributed by atoms with E-state index in [9.17, 15) is 4.79 Å². The highest BCUT2D eigenvalue weighted by Crippen LogP contribution is 2.30. The van der Waals surface area contributed by atoms with E-state index in [0.29, 0.717) is 6.54 Å². The van der Waals surface area contributed by atoms with Crippen LogP contribution in [0, 0.1) is 0 Å². The Kier molecular flexibility index (Phi) is 4.31. The quantitative estimate of drug-likeness (QED) is 0.863. The molecule has 17 heavy (non-hydrogen) atoms. The van der Waals surface area contributed by atoms with Gasteiger partial charge in [-0.1, -0.05) is 12.1 Å². The molecule has 0 aromatic heterocycles. The summed E-state index contributed by atoms with van der Waals surface area (Å²) in [6.07, 6.45) is 3.36. The van der Waals surface area contributed by atoms with Crippen LogP contribution < -0.4 is 10.6 Å². The van der Waals surface area contributed by atoms with Gasteiger partial charge in [0.1, 0.15) is 0 Å². The summed E-state index contributed by atoms with van der Waals surface area (Å²) in [5.41, 5.74) is 2.78. The molecule has 0 fully saturated rings. The molecule has 1 aliphatic heterocycles. The van der Waals surface area contributed by atoms with Gasteiger partial charge < -0.3 is 10.6 Å². The molecule has 0 bridgehead atoms. The smallest absolute Gasteiger partial charge is 0.314 e. The van der Waals surface area contributed by atoms with Crippen molar-refractivity contribution in [3.8, 4) is 0 Å². The molecule has 3 nitrogen and oxygen atoms in total. The summed E-state index contributed by atoms with van der Waals surface area (Å²) in [6.45, 7) is 0.686. The van der Waals surface area contributed by atoms with E-state index in [4.69, 9.17) is 0 Å². The van der Waals surface area contributed by atoms with Crippen LogP contribution in [0.25, 0.3) is 0 Å². The summed E-state index contributed by atoms with van der Waals surface area (Å²) in [6, 6.07) is 6.56. The number of carbonyl (C=O) groups excluding carboxylic acids is 1. The first-order valence-corrected chi connectivity index (χ1v) is 6.98. The Labute approximate surface area is 106 Å². The highest BCUT2D eigenvalue weighted by atomic mass is 32.2. The fourth-order valence-electron chi connectivity index (χ4n) is 1.98. The van der Waals surface area contributed by atoms with Gasteiger partial charge in [-0.25, -0.2) is 4.79 Å². The average molecular weight is 250 g/mol. The Morgan fingerprint density at radius 3 is 3.18 bits per heavy atom. The number of aryl methyl sites for hydroxylation is 1. The molecule has 0 radical (unpaired) electrons. The van der Waals surface area contributed by atoms with Crippen LogP contribution in [0.1, 0.15) is 17.5 Å². The number of urea groups is 1. The SMILES string of the molecule is CNC(=O)NCCc1ccc2c(c1)CCCS2. The fraction of sp³-hybridized carbons (Fsp3) is 0.462. The molecule has 1 aromatic carbocycles. The third kappa shape index (κ3) is 3.40. The first-order valence-electron chi connectivity index (χ1n) is 6.00. The van der Waals surface area contributed by atoms with Crippen LogP contribution in [0.2, 0.25) is 0 Å². The second-order valence-electron chi connectivity index (χ2n) is 4.15. The summed E-state index contributed by atoms with van der Waals surface area (Å²) >= 11 is 1.95. The van der Waals surface area contributed by atoms with Gasteiger partial charge in [-0.2, -0.15) is 0 Å². The zero-order chi connectivity index (χ0) is 12.1. The van der Waals surface area contributed by atoms with E-state index in [1.54, 1.807) is 7.05 Å².